The van der Waals surface area contributed by atoms with E-state index in [0.717, 1.165) is 5.56 Å². The number of aldehydes is 1. The first-order valence-corrected chi connectivity index (χ1v) is 10.5. The van der Waals surface area contributed by atoms with Crippen molar-refractivity contribution in [1.82, 2.24) is 0 Å². The minimum atomic E-state index is -0.997. The molecule has 1 aliphatic heterocycles. The molecule has 5 rings (SSSR count). The molecule has 0 saturated heterocycles. The van der Waals surface area contributed by atoms with Gasteiger partial charge in [0, 0.05) is 40.3 Å². The van der Waals surface area contributed by atoms with Gasteiger partial charge in [0.2, 0.25) is 0 Å². The van der Waals surface area contributed by atoms with Gasteiger partial charge in [-0.05, 0) is 29.5 Å². The zero-order chi connectivity index (χ0) is 21.9. The summed E-state index contributed by atoms with van der Waals surface area (Å²) in [5, 5.41) is 10.2. The van der Waals surface area contributed by atoms with E-state index in [1.54, 1.807) is 6.07 Å². The Hall–Kier alpha value is -2.76. The van der Waals surface area contributed by atoms with Crippen molar-refractivity contribution in [2.24, 2.45) is 5.92 Å². The first kappa shape index (κ1) is 20.2. The van der Waals surface area contributed by atoms with Crippen LogP contribution in [-0.4, -0.2) is 11.4 Å². The molecular weight excluding hydrogens is 422 g/mol. The number of hydrogen-bond donors (Lipinski definition) is 1. The number of aliphatic hydroxyl groups excluding tert-OH is 1. The van der Waals surface area contributed by atoms with Gasteiger partial charge in [-0.2, -0.15) is 0 Å². The Kier molecular flexibility index (Phi) is 4.83. The van der Waals surface area contributed by atoms with Gasteiger partial charge in [0.25, 0.3) is 0 Å². The van der Waals surface area contributed by atoms with Gasteiger partial charge in [0.05, 0.1) is 11.1 Å². The van der Waals surface area contributed by atoms with Crippen LogP contribution in [-0.2, 0) is 12.8 Å². The smallest absolute Gasteiger partial charge is 0.150 e. The average Bonchev–Trinajstić information content (AvgIpc) is 3.31. The Morgan fingerprint density at radius 3 is 2.58 bits per heavy atom. The number of carbonyl (C=O) groups excluding carboxylic acids is 1. The summed E-state index contributed by atoms with van der Waals surface area (Å²) in [5.74, 6) is -1.39. The highest BCUT2D eigenvalue weighted by Crippen LogP contribution is 2.50. The lowest BCUT2D eigenvalue weighted by Crippen LogP contribution is -2.06. The van der Waals surface area contributed by atoms with Crippen LogP contribution in [0.2, 0.25) is 5.02 Å². The summed E-state index contributed by atoms with van der Waals surface area (Å²) < 4.78 is 36.5. The minimum absolute atomic E-state index is 0.0791. The Balaban J connectivity index is 1.73. The largest absolute Gasteiger partial charge is 0.485 e. The van der Waals surface area contributed by atoms with Crippen LogP contribution in [0.5, 0.6) is 5.75 Å². The topological polar surface area (TPSA) is 46.5 Å². The molecule has 3 aromatic carbocycles. The summed E-state index contributed by atoms with van der Waals surface area (Å²) in [7, 11) is 0. The van der Waals surface area contributed by atoms with Gasteiger partial charge in [-0.1, -0.05) is 48.9 Å². The molecule has 0 radical (unpaired) electrons. The first-order valence-electron chi connectivity index (χ1n) is 10.1. The van der Waals surface area contributed by atoms with Crippen molar-refractivity contribution in [2.75, 3.05) is 0 Å². The lowest BCUT2D eigenvalue weighted by atomic mass is 9.89. The normalized spacial score (nSPS) is 21.5. The molecule has 6 heteroatoms. The number of halogens is 3. The summed E-state index contributed by atoms with van der Waals surface area (Å²) in [6.45, 7) is 1.82. The van der Waals surface area contributed by atoms with E-state index in [0.29, 0.717) is 30.3 Å². The third-order valence-corrected chi connectivity index (χ3v) is 6.66. The second-order valence-electron chi connectivity index (χ2n) is 8.22. The fourth-order valence-corrected chi connectivity index (χ4v) is 5.02. The van der Waals surface area contributed by atoms with Crippen LogP contribution in [0.3, 0.4) is 0 Å². The highest BCUT2D eigenvalue weighted by molar-refractivity contribution is 6.34. The molecule has 0 spiro atoms. The number of rotatable bonds is 3. The molecule has 0 bridgehead atoms. The van der Waals surface area contributed by atoms with Gasteiger partial charge in [0.1, 0.15) is 23.5 Å². The van der Waals surface area contributed by atoms with E-state index in [1.165, 1.54) is 6.07 Å². The molecule has 1 N–H and O–H groups in total. The number of aliphatic hydroxyl groups is 1. The summed E-state index contributed by atoms with van der Waals surface area (Å²) in [6, 6.07) is 12.2. The number of hydrogen-bond acceptors (Lipinski definition) is 3. The van der Waals surface area contributed by atoms with Crippen molar-refractivity contribution in [3.05, 3.63) is 86.9 Å². The van der Waals surface area contributed by atoms with Gasteiger partial charge in [0.15, 0.2) is 6.29 Å². The zero-order valence-electron chi connectivity index (χ0n) is 16.7. The predicted molar refractivity (Wildman–Crippen MR) is 114 cm³/mol. The summed E-state index contributed by atoms with van der Waals surface area (Å²) in [5.41, 5.74) is 2.30. The van der Waals surface area contributed by atoms with Crippen LogP contribution in [0.15, 0.2) is 42.5 Å². The standard InChI is InChI=1S/C25H19ClF2O3/c1-12-7-14-8-15(11-29)20(24(28)21(14)25(12)30)22-16-9-18(13-5-3-2-4-6-13)31-19(16)10-17(27)23(22)26/h2-6,8,10-12,18,25,30H,7,9H2,1H3. The third-order valence-electron chi connectivity index (χ3n) is 6.29. The lowest BCUT2D eigenvalue weighted by Gasteiger charge is -2.17. The van der Waals surface area contributed by atoms with E-state index in [-0.39, 0.29) is 45.0 Å². The maximum Gasteiger partial charge on any atom is 0.150 e. The molecule has 0 aromatic heterocycles. The molecule has 0 saturated carbocycles. The van der Waals surface area contributed by atoms with Crippen LogP contribution in [0.1, 0.15) is 51.7 Å². The SMILES string of the molecule is CC1Cc2cc(C=O)c(-c3c(Cl)c(F)cc4c3CC(c3ccccc3)O4)c(F)c2C1O. The summed E-state index contributed by atoms with van der Waals surface area (Å²) in [6.07, 6.45) is -0.0177. The van der Waals surface area contributed by atoms with E-state index < -0.39 is 17.7 Å². The summed E-state index contributed by atoms with van der Waals surface area (Å²) in [4.78, 5) is 11.9. The van der Waals surface area contributed by atoms with Crippen LogP contribution >= 0.6 is 11.6 Å². The average molecular weight is 441 g/mol. The maximum absolute atomic E-state index is 15.8. The molecule has 0 fully saturated rings. The van der Waals surface area contributed by atoms with E-state index >= 15 is 4.39 Å². The molecular formula is C25H19ClF2O3. The Morgan fingerprint density at radius 2 is 1.87 bits per heavy atom. The molecule has 158 valence electrons. The van der Waals surface area contributed by atoms with E-state index in [2.05, 4.69) is 0 Å². The second-order valence-corrected chi connectivity index (χ2v) is 8.59. The van der Waals surface area contributed by atoms with Crippen LogP contribution in [0, 0.1) is 17.6 Å². The van der Waals surface area contributed by atoms with Gasteiger partial charge in [-0.3, -0.25) is 4.79 Å². The van der Waals surface area contributed by atoms with Crippen molar-refractivity contribution in [2.45, 2.75) is 32.0 Å². The van der Waals surface area contributed by atoms with Gasteiger partial charge in [-0.25, -0.2) is 8.78 Å². The van der Waals surface area contributed by atoms with E-state index in [9.17, 15) is 14.3 Å². The number of ether oxygens (including phenoxy) is 1. The molecule has 2 aliphatic rings. The number of benzene rings is 3. The number of fused-ring (bicyclic) bond motifs is 2. The molecule has 0 amide bonds. The minimum Gasteiger partial charge on any atom is -0.485 e. The molecule has 1 heterocycles. The maximum atomic E-state index is 15.8. The van der Waals surface area contributed by atoms with Crippen molar-refractivity contribution in [1.29, 1.82) is 0 Å². The van der Waals surface area contributed by atoms with Crippen molar-refractivity contribution in [3.8, 4) is 16.9 Å². The van der Waals surface area contributed by atoms with E-state index in [4.69, 9.17) is 16.3 Å². The van der Waals surface area contributed by atoms with Crippen LogP contribution in [0.4, 0.5) is 8.78 Å². The lowest BCUT2D eigenvalue weighted by molar-refractivity contribution is 0.112. The van der Waals surface area contributed by atoms with Crippen LogP contribution in [0.25, 0.3) is 11.1 Å². The first-order chi connectivity index (χ1) is 14.9. The fourth-order valence-electron chi connectivity index (χ4n) is 4.76. The summed E-state index contributed by atoms with van der Waals surface area (Å²) >= 11 is 6.35. The van der Waals surface area contributed by atoms with Gasteiger partial charge >= 0.3 is 0 Å². The molecule has 3 unspecified atom stereocenters. The van der Waals surface area contributed by atoms with E-state index in [1.807, 2.05) is 37.3 Å². The highest BCUT2D eigenvalue weighted by Gasteiger charge is 2.37. The monoisotopic (exact) mass is 440 g/mol. The molecule has 1 aliphatic carbocycles. The third kappa shape index (κ3) is 3.07. The fraction of sp³-hybridized carbons (Fsp3) is 0.240. The predicted octanol–water partition coefficient (Wildman–Crippen LogP) is 6.00. The molecule has 3 nitrogen and oxygen atoms in total. The Morgan fingerprint density at radius 1 is 1.13 bits per heavy atom. The quantitative estimate of drug-likeness (QED) is 0.508. The Bertz CT molecular complexity index is 1210. The molecule has 3 atom stereocenters. The second kappa shape index (κ2) is 7.43. The zero-order valence-corrected chi connectivity index (χ0v) is 17.4. The van der Waals surface area contributed by atoms with Crippen LogP contribution < -0.4 is 4.74 Å². The Labute approximate surface area is 183 Å². The van der Waals surface area contributed by atoms with Crippen molar-refractivity contribution in [3.63, 3.8) is 0 Å². The number of carbonyl (C=O) groups is 1. The van der Waals surface area contributed by atoms with Crippen molar-refractivity contribution >= 4 is 17.9 Å². The highest BCUT2D eigenvalue weighted by atomic mass is 35.5. The molecule has 3 aromatic rings. The van der Waals surface area contributed by atoms with Gasteiger partial charge in [-0.15, -0.1) is 0 Å². The molecule has 31 heavy (non-hydrogen) atoms. The van der Waals surface area contributed by atoms with Crippen molar-refractivity contribution < 1.29 is 23.4 Å². The van der Waals surface area contributed by atoms with Gasteiger partial charge < -0.3 is 9.84 Å².